The lowest BCUT2D eigenvalue weighted by molar-refractivity contribution is 0.252. The van der Waals surface area contributed by atoms with E-state index >= 15 is 0 Å². The molecule has 136 valence electrons. The number of nitrogens with zero attached hydrogens (tertiary/aromatic N) is 3. The summed E-state index contributed by atoms with van der Waals surface area (Å²) in [5.41, 5.74) is 5.16. The van der Waals surface area contributed by atoms with Crippen LogP contribution in [0.3, 0.4) is 0 Å². The summed E-state index contributed by atoms with van der Waals surface area (Å²) in [4.78, 5) is 5.12. The van der Waals surface area contributed by atoms with Crippen LogP contribution in [0.25, 0.3) is 0 Å². The smallest absolute Gasteiger partial charge is 0.0535 e. The SMILES string of the molecule is Cc1cccc(N2CCN(CCCCNCc3cn[nH]c3C)CC2)c1. The van der Waals surface area contributed by atoms with E-state index < -0.39 is 0 Å². The number of rotatable bonds is 8. The van der Waals surface area contributed by atoms with E-state index in [1.165, 1.54) is 55.0 Å². The number of H-pyrrole nitrogens is 1. The minimum Gasteiger partial charge on any atom is -0.369 e. The predicted molar refractivity (Wildman–Crippen MR) is 104 cm³/mol. The van der Waals surface area contributed by atoms with E-state index in [0.717, 1.165) is 26.2 Å². The first-order valence-electron chi connectivity index (χ1n) is 9.46. The molecule has 0 atom stereocenters. The lowest BCUT2D eigenvalue weighted by Gasteiger charge is -2.36. The predicted octanol–water partition coefficient (Wildman–Crippen LogP) is 2.72. The molecular weight excluding hydrogens is 310 g/mol. The van der Waals surface area contributed by atoms with Gasteiger partial charge in [-0.05, 0) is 57.5 Å². The highest BCUT2D eigenvalue weighted by Crippen LogP contribution is 2.17. The van der Waals surface area contributed by atoms with E-state index in [4.69, 9.17) is 0 Å². The van der Waals surface area contributed by atoms with Crippen molar-refractivity contribution in [2.75, 3.05) is 44.2 Å². The highest BCUT2D eigenvalue weighted by Gasteiger charge is 2.16. The zero-order valence-electron chi connectivity index (χ0n) is 15.6. The second kappa shape index (κ2) is 9.02. The molecule has 0 spiro atoms. The van der Waals surface area contributed by atoms with Crippen molar-refractivity contribution in [3.05, 3.63) is 47.3 Å². The van der Waals surface area contributed by atoms with Gasteiger partial charge in [-0.25, -0.2) is 0 Å². The number of aryl methyl sites for hydroxylation is 2. The number of aromatic nitrogens is 2. The second-order valence-corrected chi connectivity index (χ2v) is 7.07. The fourth-order valence-corrected chi connectivity index (χ4v) is 3.42. The first-order chi connectivity index (χ1) is 12.2. The Labute approximate surface area is 151 Å². The Balaban J connectivity index is 1.27. The van der Waals surface area contributed by atoms with Gasteiger partial charge in [-0.2, -0.15) is 5.10 Å². The number of anilines is 1. The van der Waals surface area contributed by atoms with Gasteiger partial charge in [-0.3, -0.25) is 10.00 Å². The van der Waals surface area contributed by atoms with E-state index in [2.05, 4.69) is 63.4 Å². The lowest BCUT2D eigenvalue weighted by atomic mass is 10.2. The van der Waals surface area contributed by atoms with Crippen LogP contribution in [0.15, 0.2) is 30.5 Å². The number of benzene rings is 1. The molecule has 1 saturated heterocycles. The fourth-order valence-electron chi connectivity index (χ4n) is 3.42. The zero-order valence-corrected chi connectivity index (χ0v) is 15.6. The molecule has 25 heavy (non-hydrogen) atoms. The van der Waals surface area contributed by atoms with Crippen LogP contribution >= 0.6 is 0 Å². The third-order valence-electron chi connectivity index (χ3n) is 5.07. The molecule has 0 aliphatic carbocycles. The maximum Gasteiger partial charge on any atom is 0.0535 e. The molecule has 3 rings (SSSR count). The molecule has 5 nitrogen and oxygen atoms in total. The summed E-state index contributed by atoms with van der Waals surface area (Å²) >= 11 is 0. The van der Waals surface area contributed by atoms with Crippen LogP contribution in [0.1, 0.15) is 29.7 Å². The first-order valence-corrected chi connectivity index (χ1v) is 9.46. The van der Waals surface area contributed by atoms with Gasteiger partial charge >= 0.3 is 0 Å². The molecule has 0 amide bonds. The highest BCUT2D eigenvalue weighted by atomic mass is 15.3. The Morgan fingerprint density at radius 1 is 1.12 bits per heavy atom. The van der Waals surface area contributed by atoms with E-state index in [0.29, 0.717) is 0 Å². The second-order valence-electron chi connectivity index (χ2n) is 7.07. The van der Waals surface area contributed by atoms with E-state index in [1.807, 2.05) is 6.20 Å². The van der Waals surface area contributed by atoms with Crippen LogP contribution in [0.4, 0.5) is 5.69 Å². The van der Waals surface area contributed by atoms with Crippen molar-refractivity contribution in [3.63, 3.8) is 0 Å². The van der Waals surface area contributed by atoms with Gasteiger partial charge < -0.3 is 10.2 Å². The van der Waals surface area contributed by atoms with Gasteiger partial charge in [0, 0.05) is 49.7 Å². The molecule has 1 fully saturated rings. The summed E-state index contributed by atoms with van der Waals surface area (Å²) in [5, 5.41) is 10.5. The lowest BCUT2D eigenvalue weighted by Crippen LogP contribution is -2.46. The van der Waals surface area contributed by atoms with Crippen molar-refractivity contribution >= 4 is 5.69 Å². The Morgan fingerprint density at radius 2 is 1.96 bits per heavy atom. The zero-order chi connectivity index (χ0) is 17.5. The van der Waals surface area contributed by atoms with Crippen molar-refractivity contribution in [1.29, 1.82) is 0 Å². The van der Waals surface area contributed by atoms with Crippen LogP contribution in [-0.4, -0.2) is 54.4 Å². The topological polar surface area (TPSA) is 47.2 Å². The number of hydrogen-bond donors (Lipinski definition) is 2. The van der Waals surface area contributed by atoms with Crippen LogP contribution in [0.5, 0.6) is 0 Å². The maximum absolute atomic E-state index is 4.06. The van der Waals surface area contributed by atoms with Gasteiger partial charge in [0.15, 0.2) is 0 Å². The normalized spacial score (nSPS) is 15.7. The minimum absolute atomic E-state index is 0.914. The Morgan fingerprint density at radius 3 is 2.68 bits per heavy atom. The quantitative estimate of drug-likeness (QED) is 0.725. The standard InChI is InChI=1S/C20H31N5/c1-17-6-5-7-20(14-17)25-12-10-24(11-13-25)9-4-3-8-21-15-19-16-22-23-18(19)2/h5-7,14,16,21H,3-4,8-13,15H2,1-2H3,(H,22,23). The van der Waals surface area contributed by atoms with Crippen LogP contribution < -0.4 is 10.2 Å². The van der Waals surface area contributed by atoms with E-state index in [1.54, 1.807) is 0 Å². The summed E-state index contributed by atoms with van der Waals surface area (Å²) in [5.74, 6) is 0. The van der Waals surface area contributed by atoms with Crippen molar-refractivity contribution in [1.82, 2.24) is 20.4 Å². The molecule has 0 unspecified atom stereocenters. The average Bonchev–Trinajstić information content (AvgIpc) is 3.03. The Hall–Kier alpha value is -1.85. The third kappa shape index (κ3) is 5.31. The molecule has 1 aliphatic heterocycles. The summed E-state index contributed by atoms with van der Waals surface area (Å²) < 4.78 is 0. The highest BCUT2D eigenvalue weighted by molar-refractivity contribution is 5.48. The van der Waals surface area contributed by atoms with Crippen molar-refractivity contribution in [3.8, 4) is 0 Å². The van der Waals surface area contributed by atoms with Gasteiger partial charge in [-0.15, -0.1) is 0 Å². The summed E-state index contributed by atoms with van der Waals surface area (Å²) in [6, 6.07) is 8.86. The number of hydrogen-bond acceptors (Lipinski definition) is 4. The fraction of sp³-hybridized carbons (Fsp3) is 0.550. The Kier molecular flexibility index (Phi) is 6.48. The van der Waals surface area contributed by atoms with E-state index in [9.17, 15) is 0 Å². The molecular formula is C20H31N5. The molecule has 2 aromatic rings. The number of piperazine rings is 1. The molecule has 1 aromatic carbocycles. The maximum atomic E-state index is 4.06. The summed E-state index contributed by atoms with van der Waals surface area (Å²) in [7, 11) is 0. The van der Waals surface area contributed by atoms with Crippen molar-refractivity contribution in [2.45, 2.75) is 33.2 Å². The Bertz CT molecular complexity index is 643. The summed E-state index contributed by atoms with van der Waals surface area (Å²) in [6.07, 6.45) is 4.41. The van der Waals surface area contributed by atoms with Crippen LogP contribution in [0, 0.1) is 13.8 Å². The van der Waals surface area contributed by atoms with Gasteiger partial charge in [0.2, 0.25) is 0 Å². The van der Waals surface area contributed by atoms with Gasteiger partial charge in [-0.1, -0.05) is 12.1 Å². The largest absolute Gasteiger partial charge is 0.369 e. The number of nitrogens with one attached hydrogen (secondary N) is 2. The number of aromatic amines is 1. The summed E-state index contributed by atoms with van der Waals surface area (Å²) in [6.45, 7) is 12.1. The third-order valence-corrected chi connectivity index (χ3v) is 5.07. The molecule has 2 N–H and O–H groups in total. The van der Waals surface area contributed by atoms with Crippen LogP contribution in [0.2, 0.25) is 0 Å². The minimum atomic E-state index is 0.914. The van der Waals surface area contributed by atoms with Gasteiger partial charge in [0.1, 0.15) is 0 Å². The average molecular weight is 342 g/mol. The molecule has 2 heterocycles. The van der Waals surface area contributed by atoms with E-state index in [-0.39, 0.29) is 0 Å². The molecule has 5 heteroatoms. The monoisotopic (exact) mass is 341 g/mol. The molecule has 0 radical (unpaired) electrons. The van der Waals surface area contributed by atoms with Gasteiger partial charge in [0.25, 0.3) is 0 Å². The molecule has 1 aromatic heterocycles. The number of unbranched alkanes of at least 4 members (excludes halogenated alkanes) is 1. The van der Waals surface area contributed by atoms with Crippen LogP contribution in [-0.2, 0) is 6.54 Å². The molecule has 1 aliphatic rings. The molecule has 0 saturated carbocycles. The van der Waals surface area contributed by atoms with Gasteiger partial charge in [0.05, 0.1) is 6.20 Å². The van der Waals surface area contributed by atoms with Crippen molar-refractivity contribution < 1.29 is 0 Å². The molecule has 0 bridgehead atoms. The first kappa shape index (κ1) is 18.0. The van der Waals surface area contributed by atoms with Crippen molar-refractivity contribution in [2.24, 2.45) is 0 Å².